The molecule has 0 saturated carbocycles. The van der Waals surface area contributed by atoms with Crippen molar-refractivity contribution in [1.82, 2.24) is 9.88 Å². The molecule has 2 unspecified atom stereocenters. The number of ether oxygens (including phenoxy) is 1. The van der Waals surface area contributed by atoms with E-state index in [1.165, 1.54) is 0 Å². The third-order valence-electron chi connectivity index (χ3n) is 3.33. The molecule has 104 valence electrons. The summed E-state index contributed by atoms with van der Waals surface area (Å²) in [6.07, 6.45) is -0.0589. The Labute approximate surface area is 113 Å². The third-order valence-corrected chi connectivity index (χ3v) is 3.33. The van der Waals surface area contributed by atoms with E-state index in [4.69, 9.17) is 10.5 Å². The molecule has 2 atom stereocenters. The summed E-state index contributed by atoms with van der Waals surface area (Å²) in [6, 6.07) is 3.71. The molecule has 1 saturated heterocycles. The SMILES string of the molecule is Cc1ccc(C(=O)N2CC(C)OC(CN)C2)c(C)n1. The summed E-state index contributed by atoms with van der Waals surface area (Å²) < 4.78 is 5.67. The fraction of sp³-hybridized carbons (Fsp3) is 0.571. The lowest BCUT2D eigenvalue weighted by Gasteiger charge is -2.36. The first-order chi connectivity index (χ1) is 9.01. The molecular formula is C14H21N3O2. The molecule has 5 heteroatoms. The zero-order chi connectivity index (χ0) is 14.0. The second-order valence-electron chi connectivity index (χ2n) is 5.10. The van der Waals surface area contributed by atoms with Crippen LogP contribution in [0.15, 0.2) is 12.1 Å². The quantitative estimate of drug-likeness (QED) is 0.860. The third kappa shape index (κ3) is 3.11. The maximum Gasteiger partial charge on any atom is 0.255 e. The van der Waals surface area contributed by atoms with Crippen LogP contribution in [0.4, 0.5) is 0 Å². The van der Waals surface area contributed by atoms with Crippen molar-refractivity contribution in [3.63, 3.8) is 0 Å². The van der Waals surface area contributed by atoms with Crippen LogP contribution in [0.1, 0.15) is 28.7 Å². The van der Waals surface area contributed by atoms with Gasteiger partial charge in [-0.15, -0.1) is 0 Å². The number of hydrogen-bond donors (Lipinski definition) is 1. The predicted molar refractivity (Wildman–Crippen MR) is 73.0 cm³/mol. The maximum atomic E-state index is 12.5. The van der Waals surface area contributed by atoms with Crippen molar-refractivity contribution in [2.45, 2.75) is 33.0 Å². The van der Waals surface area contributed by atoms with Gasteiger partial charge in [0.05, 0.1) is 23.5 Å². The van der Waals surface area contributed by atoms with Crippen molar-refractivity contribution in [2.24, 2.45) is 5.73 Å². The predicted octanol–water partition coefficient (Wildman–Crippen LogP) is 0.887. The number of carbonyl (C=O) groups excluding carboxylic acids is 1. The van der Waals surface area contributed by atoms with E-state index in [-0.39, 0.29) is 18.1 Å². The highest BCUT2D eigenvalue weighted by Crippen LogP contribution is 2.16. The van der Waals surface area contributed by atoms with E-state index >= 15 is 0 Å². The molecule has 1 fully saturated rings. The van der Waals surface area contributed by atoms with E-state index in [1.54, 1.807) is 0 Å². The molecule has 1 amide bonds. The van der Waals surface area contributed by atoms with Gasteiger partial charge >= 0.3 is 0 Å². The Morgan fingerprint density at radius 2 is 2.21 bits per heavy atom. The van der Waals surface area contributed by atoms with Crippen LogP contribution in [0, 0.1) is 13.8 Å². The van der Waals surface area contributed by atoms with Gasteiger partial charge in [0.15, 0.2) is 0 Å². The fourth-order valence-electron chi connectivity index (χ4n) is 2.42. The molecule has 1 aliphatic heterocycles. The van der Waals surface area contributed by atoms with Gasteiger partial charge in [0.25, 0.3) is 5.91 Å². The minimum absolute atomic E-state index is 0.0126. The molecule has 2 N–H and O–H groups in total. The number of hydrogen-bond acceptors (Lipinski definition) is 4. The highest BCUT2D eigenvalue weighted by atomic mass is 16.5. The monoisotopic (exact) mass is 263 g/mol. The minimum Gasteiger partial charge on any atom is -0.370 e. The number of rotatable bonds is 2. The number of carbonyl (C=O) groups is 1. The summed E-state index contributed by atoms with van der Waals surface area (Å²) >= 11 is 0. The average Bonchev–Trinajstić information content (AvgIpc) is 2.37. The number of nitrogens with zero attached hydrogens (tertiary/aromatic N) is 2. The molecule has 1 aliphatic rings. The lowest BCUT2D eigenvalue weighted by atomic mass is 10.1. The van der Waals surface area contributed by atoms with Crippen molar-refractivity contribution >= 4 is 5.91 Å². The smallest absolute Gasteiger partial charge is 0.255 e. The molecule has 1 aromatic rings. The van der Waals surface area contributed by atoms with Crippen LogP contribution in [-0.2, 0) is 4.74 Å². The van der Waals surface area contributed by atoms with Crippen molar-refractivity contribution in [2.75, 3.05) is 19.6 Å². The Bertz CT molecular complexity index is 476. The first kappa shape index (κ1) is 14.0. The van der Waals surface area contributed by atoms with E-state index in [0.717, 1.165) is 11.4 Å². The Hall–Kier alpha value is -1.46. The van der Waals surface area contributed by atoms with Gasteiger partial charge in [-0.3, -0.25) is 9.78 Å². The molecule has 5 nitrogen and oxygen atoms in total. The van der Waals surface area contributed by atoms with Crippen LogP contribution in [0.25, 0.3) is 0 Å². The summed E-state index contributed by atoms with van der Waals surface area (Å²) in [5.41, 5.74) is 8.00. The Balaban J connectivity index is 2.18. The number of aromatic nitrogens is 1. The Morgan fingerprint density at radius 3 is 2.84 bits per heavy atom. The highest BCUT2D eigenvalue weighted by Gasteiger charge is 2.28. The molecular weight excluding hydrogens is 242 g/mol. The minimum atomic E-state index is -0.0774. The van der Waals surface area contributed by atoms with Gasteiger partial charge < -0.3 is 15.4 Å². The zero-order valence-electron chi connectivity index (χ0n) is 11.7. The lowest BCUT2D eigenvalue weighted by Crippen LogP contribution is -2.51. The second-order valence-corrected chi connectivity index (χ2v) is 5.10. The van der Waals surface area contributed by atoms with Crippen LogP contribution in [-0.4, -0.2) is 47.6 Å². The normalized spacial score (nSPS) is 23.5. The molecule has 0 bridgehead atoms. The number of pyridine rings is 1. The van der Waals surface area contributed by atoms with E-state index in [1.807, 2.05) is 37.8 Å². The summed E-state index contributed by atoms with van der Waals surface area (Å²) in [7, 11) is 0. The van der Waals surface area contributed by atoms with Crippen molar-refractivity contribution < 1.29 is 9.53 Å². The largest absolute Gasteiger partial charge is 0.370 e. The van der Waals surface area contributed by atoms with E-state index in [9.17, 15) is 4.79 Å². The summed E-state index contributed by atoms with van der Waals surface area (Å²) in [4.78, 5) is 18.7. The first-order valence-electron chi connectivity index (χ1n) is 6.60. The molecule has 0 radical (unpaired) electrons. The molecule has 0 aromatic carbocycles. The van der Waals surface area contributed by atoms with Gasteiger partial charge in [-0.25, -0.2) is 0 Å². The Morgan fingerprint density at radius 1 is 1.47 bits per heavy atom. The van der Waals surface area contributed by atoms with Crippen LogP contribution < -0.4 is 5.73 Å². The molecule has 19 heavy (non-hydrogen) atoms. The number of amides is 1. The zero-order valence-corrected chi connectivity index (χ0v) is 11.7. The van der Waals surface area contributed by atoms with Gasteiger partial charge in [-0.1, -0.05) is 0 Å². The number of morpholine rings is 1. The summed E-state index contributed by atoms with van der Waals surface area (Å²) in [5.74, 6) is 0.0126. The van der Waals surface area contributed by atoms with Crippen molar-refractivity contribution in [1.29, 1.82) is 0 Å². The van der Waals surface area contributed by atoms with Gasteiger partial charge in [-0.05, 0) is 32.9 Å². The average molecular weight is 263 g/mol. The van der Waals surface area contributed by atoms with Gasteiger partial charge in [-0.2, -0.15) is 0 Å². The second kappa shape index (κ2) is 5.67. The maximum absolute atomic E-state index is 12.5. The molecule has 2 rings (SSSR count). The van der Waals surface area contributed by atoms with Crippen molar-refractivity contribution in [3.05, 3.63) is 29.1 Å². The topological polar surface area (TPSA) is 68.5 Å². The molecule has 0 aliphatic carbocycles. The highest BCUT2D eigenvalue weighted by molar-refractivity contribution is 5.95. The van der Waals surface area contributed by atoms with Gasteiger partial charge in [0.1, 0.15) is 0 Å². The standard InChI is InChI=1S/C14H21N3O2/c1-9-4-5-13(11(3)16-9)14(18)17-7-10(2)19-12(6-15)8-17/h4-5,10,12H,6-8,15H2,1-3H3. The van der Waals surface area contributed by atoms with Gasteiger partial charge in [0.2, 0.25) is 0 Å². The molecule has 0 spiro atoms. The van der Waals surface area contributed by atoms with Crippen LogP contribution in [0.2, 0.25) is 0 Å². The molecule has 1 aromatic heterocycles. The van der Waals surface area contributed by atoms with Crippen LogP contribution >= 0.6 is 0 Å². The van der Waals surface area contributed by atoms with Crippen LogP contribution in [0.3, 0.4) is 0 Å². The summed E-state index contributed by atoms with van der Waals surface area (Å²) in [6.45, 7) is 7.32. The van der Waals surface area contributed by atoms with Gasteiger partial charge in [0, 0.05) is 25.3 Å². The number of aryl methyl sites for hydroxylation is 2. The summed E-state index contributed by atoms with van der Waals surface area (Å²) in [5, 5.41) is 0. The number of nitrogens with two attached hydrogens (primary N) is 1. The lowest BCUT2D eigenvalue weighted by molar-refractivity contribution is -0.0626. The van der Waals surface area contributed by atoms with E-state index < -0.39 is 0 Å². The first-order valence-corrected chi connectivity index (χ1v) is 6.60. The fourth-order valence-corrected chi connectivity index (χ4v) is 2.42. The van der Waals surface area contributed by atoms with E-state index in [2.05, 4.69) is 4.98 Å². The van der Waals surface area contributed by atoms with E-state index in [0.29, 0.717) is 25.2 Å². The van der Waals surface area contributed by atoms with Crippen LogP contribution in [0.5, 0.6) is 0 Å². The Kier molecular flexibility index (Phi) is 4.17. The van der Waals surface area contributed by atoms with Crippen molar-refractivity contribution in [3.8, 4) is 0 Å². The molecule has 2 heterocycles.